The van der Waals surface area contributed by atoms with E-state index < -0.39 is 29.2 Å². The molecule has 0 amide bonds. The van der Waals surface area contributed by atoms with Crippen molar-refractivity contribution in [3.8, 4) is 11.1 Å². The van der Waals surface area contributed by atoms with Gasteiger partial charge in [-0.05, 0) is 61.9 Å². The van der Waals surface area contributed by atoms with Gasteiger partial charge in [0.2, 0.25) is 0 Å². The summed E-state index contributed by atoms with van der Waals surface area (Å²) >= 11 is 0. The first kappa shape index (κ1) is 20.8. The third-order valence-electron chi connectivity index (χ3n) is 4.88. The van der Waals surface area contributed by atoms with Crippen LogP contribution >= 0.6 is 0 Å². The second-order valence-corrected chi connectivity index (χ2v) is 8.34. The molecular weight excluding hydrogens is 368 g/mol. The van der Waals surface area contributed by atoms with E-state index in [1.165, 1.54) is 18.1 Å². The summed E-state index contributed by atoms with van der Waals surface area (Å²) in [4.78, 5) is 36.5. The van der Waals surface area contributed by atoms with Crippen LogP contribution in [0.5, 0.6) is 0 Å². The number of esters is 2. The Balaban J connectivity index is 1.69. The summed E-state index contributed by atoms with van der Waals surface area (Å²) in [7, 11) is 0. The molecule has 0 saturated carbocycles. The minimum atomic E-state index is -1.15. The lowest BCUT2D eigenvalue weighted by Gasteiger charge is -2.21. The number of fused-ring (bicyclic) bond motifs is 3. The molecular formula is C24H26O5. The molecule has 0 unspecified atom stereocenters. The number of hydrogen-bond donors (Lipinski definition) is 0. The number of Topliss-reactive ketones (excluding diaryl/α,β-unsaturated/α-hetero) is 1. The van der Waals surface area contributed by atoms with Gasteiger partial charge in [0.25, 0.3) is 0 Å². The fourth-order valence-corrected chi connectivity index (χ4v) is 3.55. The molecule has 0 spiro atoms. The van der Waals surface area contributed by atoms with E-state index in [1.807, 2.05) is 24.3 Å². The highest BCUT2D eigenvalue weighted by Gasteiger charge is 2.30. The average Bonchev–Trinajstić information content (AvgIpc) is 3.02. The Morgan fingerprint density at radius 3 is 2.38 bits per heavy atom. The third kappa shape index (κ3) is 4.91. The zero-order valence-electron chi connectivity index (χ0n) is 17.3. The highest BCUT2D eigenvalue weighted by Crippen LogP contribution is 2.38. The highest BCUT2D eigenvalue weighted by molar-refractivity contribution is 6.00. The molecule has 0 bridgehead atoms. The molecule has 2 aromatic carbocycles. The van der Waals surface area contributed by atoms with Gasteiger partial charge in [0.15, 0.2) is 0 Å². The lowest BCUT2D eigenvalue weighted by Crippen LogP contribution is -2.31. The summed E-state index contributed by atoms with van der Waals surface area (Å²) in [5, 5.41) is 0. The van der Waals surface area contributed by atoms with Gasteiger partial charge in [-0.15, -0.1) is 0 Å². The first-order chi connectivity index (χ1) is 13.7. The standard InChI is InChI=1S/C24H26O5/c1-15(25)20(13-22(26)29-24(2,3)4)23(27)28-14-17-9-7-11-19-18-10-6-5-8-16(18)12-21(17)19/h5-11,20H,12-14H2,1-4H3/t20-/m1/s1. The van der Waals surface area contributed by atoms with Crippen molar-refractivity contribution in [1.82, 2.24) is 0 Å². The molecule has 0 saturated heterocycles. The average molecular weight is 394 g/mol. The SMILES string of the molecule is CC(=O)[C@@H](CC(=O)OC(C)(C)C)C(=O)OCc1cccc2c1Cc1ccccc1-2. The van der Waals surface area contributed by atoms with Crippen LogP contribution in [0.4, 0.5) is 0 Å². The van der Waals surface area contributed by atoms with E-state index in [-0.39, 0.29) is 13.0 Å². The molecule has 0 aromatic heterocycles. The second kappa shape index (κ2) is 8.19. The van der Waals surface area contributed by atoms with Gasteiger partial charge < -0.3 is 9.47 Å². The van der Waals surface area contributed by atoms with Crippen LogP contribution in [-0.2, 0) is 36.9 Å². The van der Waals surface area contributed by atoms with Crippen molar-refractivity contribution >= 4 is 17.7 Å². The van der Waals surface area contributed by atoms with E-state index in [4.69, 9.17) is 9.47 Å². The van der Waals surface area contributed by atoms with E-state index in [9.17, 15) is 14.4 Å². The number of ether oxygens (including phenoxy) is 2. The molecule has 2 aromatic rings. The largest absolute Gasteiger partial charge is 0.460 e. The smallest absolute Gasteiger partial charge is 0.317 e. The number of carbonyl (C=O) groups excluding carboxylic acids is 3. The van der Waals surface area contributed by atoms with Crippen LogP contribution in [0.25, 0.3) is 11.1 Å². The number of hydrogen-bond acceptors (Lipinski definition) is 5. The van der Waals surface area contributed by atoms with Crippen LogP contribution in [0.15, 0.2) is 42.5 Å². The predicted octanol–water partition coefficient (Wildman–Crippen LogP) is 4.24. The Labute approximate surface area is 171 Å². The van der Waals surface area contributed by atoms with Gasteiger partial charge >= 0.3 is 11.9 Å². The van der Waals surface area contributed by atoms with Gasteiger partial charge in [0.05, 0.1) is 6.42 Å². The van der Waals surface area contributed by atoms with Crippen molar-refractivity contribution in [2.24, 2.45) is 5.92 Å². The molecule has 29 heavy (non-hydrogen) atoms. The summed E-state index contributed by atoms with van der Waals surface area (Å²) in [6.45, 7) is 6.56. The minimum Gasteiger partial charge on any atom is -0.460 e. The predicted molar refractivity (Wildman–Crippen MR) is 109 cm³/mol. The van der Waals surface area contributed by atoms with E-state index >= 15 is 0 Å². The Hall–Kier alpha value is -2.95. The van der Waals surface area contributed by atoms with Gasteiger partial charge in [-0.3, -0.25) is 14.4 Å². The van der Waals surface area contributed by atoms with Gasteiger partial charge in [0.1, 0.15) is 23.9 Å². The molecule has 152 valence electrons. The fraction of sp³-hybridized carbons (Fsp3) is 0.375. The molecule has 0 radical (unpaired) electrons. The molecule has 0 fully saturated rings. The van der Waals surface area contributed by atoms with Crippen LogP contribution in [-0.4, -0.2) is 23.3 Å². The van der Waals surface area contributed by atoms with Crippen molar-refractivity contribution in [3.05, 3.63) is 59.2 Å². The van der Waals surface area contributed by atoms with Gasteiger partial charge in [0, 0.05) is 0 Å². The number of ketones is 1. The molecule has 0 N–H and O–H groups in total. The maximum Gasteiger partial charge on any atom is 0.317 e. The van der Waals surface area contributed by atoms with E-state index in [0.29, 0.717) is 0 Å². The van der Waals surface area contributed by atoms with Gasteiger partial charge in [-0.25, -0.2) is 0 Å². The van der Waals surface area contributed by atoms with Crippen molar-refractivity contribution in [2.45, 2.75) is 52.7 Å². The van der Waals surface area contributed by atoms with Gasteiger partial charge in [-0.2, -0.15) is 0 Å². The number of carbonyl (C=O) groups is 3. The summed E-state index contributed by atoms with van der Waals surface area (Å²) in [5.41, 5.74) is 4.95. The van der Waals surface area contributed by atoms with Crippen LogP contribution in [0.3, 0.4) is 0 Å². The van der Waals surface area contributed by atoms with Crippen molar-refractivity contribution in [2.75, 3.05) is 0 Å². The Morgan fingerprint density at radius 2 is 1.69 bits per heavy atom. The van der Waals surface area contributed by atoms with E-state index in [2.05, 4.69) is 18.2 Å². The second-order valence-electron chi connectivity index (χ2n) is 8.34. The van der Waals surface area contributed by atoms with Crippen LogP contribution in [0, 0.1) is 5.92 Å². The molecule has 0 heterocycles. The van der Waals surface area contributed by atoms with E-state index in [1.54, 1.807) is 20.8 Å². The first-order valence-corrected chi connectivity index (χ1v) is 9.73. The Morgan fingerprint density at radius 1 is 1.00 bits per heavy atom. The Bertz CT molecular complexity index is 952. The van der Waals surface area contributed by atoms with Crippen LogP contribution in [0.1, 0.15) is 50.8 Å². The molecule has 1 aliphatic rings. The summed E-state index contributed by atoms with van der Waals surface area (Å²) in [6.07, 6.45) is 0.469. The monoisotopic (exact) mass is 394 g/mol. The lowest BCUT2D eigenvalue weighted by atomic mass is 10.0. The zero-order valence-corrected chi connectivity index (χ0v) is 17.3. The third-order valence-corrected chi connectivity index (χ3v) is 4.88. The quantitative estimate of drug-likeness (QED) is 0.462. The number of benzene rings is 2. The molecule has 5 nitrogen and oxygen atoms in total. The van der Waals surface area contributed by atoms with Crippen LogP contribution in [0.2, 0.25) is 0 Å². The lowest BCUT2D eigenvalue weighted by molar-refractivity contribution is -0.164. The minimum absolute atomic E-state index is 0.0636. The van der Waals surface area contributed by atoms with Gasteiger partial charge in [-0.1, -0.05) is 42.5 Å². The highest BCUT2D eigenvalue weighted by atomic mass is 16.6. The van der Waals surface area contributed by atoms with Crippen molar-refractivity contribution in [1.29, 1.82) is 0 Å². The summed E-state index contributed by atoms with van der Waals surface area (Å²) in [5.74, 6) is -2.85. The summed E-state index contributed by atoms with van der Waals surface area (Å²) in [6, 6.07) is 14.1. The van der Waals surface area contributed by atoms with Crippen LogP contribution < -0.4 is 0 Å². The first-order valence-electron chi connectivity index (χ1n) is 9.73. The maximum atomic E-state index is 12.5. The molecule has 1 atom stereocenters. The molecule has 1 aliphatic carbocycles. The van der Waals surface area contributed by atoms with Crippen molar-refractivity contribution < 1.29 is 23.9 Å². The zero-order chi connectivity index (χ0) is 21.2. The molecule has 3 rings (SSSR count). The topological polar surface area (TPSA) is 69.7 Å². The fourth-order valence-electron chi connectivity index (χ4n) is 3.55. The Kier molecular flexibility index (Phi) is 5.87. The van der Waals surface area contributed by atoms with E-state index in [0.717, 1.165) is 23.1 Å². The normalized spacial score (nSPS) is 13.2. The number of rotatable bonds is 6. The maximum absolute atomic E-state index is 12.5. The molecule has 0 aliphatic heterocycles. The van der Waals surface area contributed by atoms with Crippen molar-refractivity contribution in [3.63, 3.8) is 0 Å². The molecule has 5 heteroatoms. The summed E-state index contributed by atoms with van der Waals surface area (Å²) < 4.78 is 10.7.